The molecule has 0 radical (unpaired) electrons. The lowest BCUT2D eigenvalue weighted by Crippen LogP contribution is -2.70. The molecule has 2 fully saturated rings. The van der Waals surface area contributed by atoms with Crippen LogP contribution in [0.25, 0.3) is 5.70 Å². The van der Waals surface area contributed by atoms with Gasteiger partial charge in [0.15, 0.2) is 11.6 Å². The van der Waals surface area contributed by atoms with Crippen LogP contribution >= 0.6 is 0 Å². The van der Waals surface area contributed by atoms with Crippen molar-refractivity contribution in [3.63, 3.8) is 0 Å². The van der Waals surface area contributed by atoms with E-state index in [1.54, 1.807) is 12.1 Å². The predicted molar refractivity (Wildman–Crippen MR) is 125 cm³/mol. The van der Waals surface area contributed by atoms with E-state index in [-0.39, 0.29) is 29.4 Å². The lowest BCUT2D eigenvalue weighted by atomic mass is 9.92. The summed E-state index contributed by atoms with van der Waals surface area (Å²) in [6.45, 7) is 10.0. The van der Waals surface area contributed by atoms with Gasteiger partial charge in [0.2, 0.25) is 0 Å². The van der Waals surface area contributed by atoms with Crippen molar-refractivity contribution in [1.29, 1.82) is 0 Å². The van der Waals surface area contributed by atoms with Crippen LogP contribution in [0, 0.1) is 5.82 Å². The van der Waals surface area contributed by atoms with Crippen molar-refractivity contribution in [1.82, 2.24) is 25.3 Å². The van der Waals surface area contributed by atoms with Gasteiger partial charge < -0.3 is 41.9 Å². The van der Waals surface area contributed by atoms with Gasteiger partial charge in [0.25, 0.3) is 0 Å². The minimum Gasteiger partial charge on any atom is -0.504 e. The van der Waals surface area contributed by atoms with Crippen LogP contribution in [-0.2, 0) is 0 Å². The van der Waals surface area contributed by atoms with E-state index in [0.717, 1.165) is 13.1 Å². The van der Waals surface area contributed by atoms with Gasteiger partial charge in [-0.2, -0.15) is 0 Å². The molecule has 10 heteroatoms. The second kappa shape index (κ2) is 8.66. The fourth-order valence-electron chi connectivity index (χ4n) is 5.12. The number of piperazine rings is 2. The highest BCUT2D eigenvalue weighted by Crippen LogP contribution is 2.33. The van der Waals surface area contributed by atoms with Gasteiger partial charge in [0, 0.05) is 62.6 Å². The van der Waals surface area contributed by atoms with E-state index in [4.69, 9.17) is 11.5 Å². The van der Waals surface area contributed by atoms with Crippen LogP contribution in [0.4, 0.5) is 9.18 Å². The molecule has 3 aliphatic heterocycles. The fourth-order valence-corrected chi connectivity index (χ4v) is 5.12. The van der Waals surface area contributed by atoms with E-state index in [1.807, 2.05) is 9.80 Å². The molecule has 3 heterocycles. The number of nitrogens with zero attached hydrogens (tertiary/aromatic N) is 3. The molecular formula is C23H34FN7O2. The first kappa shape index (κ1) is 23.0. The summed E-state index contributed by atoms with van der Waals surface area (Å²) in [7, 11) is 0. The molecule has 4 rings (SSSR count). The lowest BCUT2D eigenvalue weighted by Gasteiger charge is -2.54. The van der Waals surface area contributed by atoms with Gasteiger partial charge in [-0.25, -0.2) is 9.18 Å². The van der Waals surface area contributed by atoms with Crippen LogP contribution in [0.1, 0.15) is 26.3 Å². The Hall–Kier alpha value is -3.14. The molecule has 180 valence electrons. The van der Waals surface area contributed by atoms with Crippen LogP contribution in [0.2, 0.25) is 0 Å². The molecule has 0 bridgehead atoms. The molecule has 3 unspecified atom stereocenters. The summed E-state index contributed by atoms with van der Waals surface area (Å²) in [5.74, 6) is -0.775. The Kier molecular flexibility index (Phi) is 6.04. The van der Waals surface area contributed by atoms with Crippen molar-refractivity contribution < 1.29 is 14.3 Å². The molecule has 1 aromatic rings. The number of carbonyl (C=O) groups is 1. The number of phenols is 1. The Morgan fingerprint density at radius 3 is 2.67 bits per heavy atom. The highest BCUT2D eigenvalue weighted by molar-refractivity contribution is 5.76. The SMILES string of the molecule is CC1CNCC(C)N1C(=O)N1CCN2C(/C=C(\N)c3cccc(F)c3O)=C(N)NCC2(C)C1. The number of amides is 2. The molecule has 0 aliphatic carbocycles. The van der Waals surface area contributed by atoms with Crippen molar-refractivity contribution in [2.24, 2.45) is 11.5 Å². The van der Waals surface area contributed by atoms with Gasteiger partial charge in [-0.1, -0.05) is 6.07 Å². The smallest absolute Gasteiger partial charge is 0.320 e. The molecule has 0 spiro atoms. The third-order valence-corrected chi connectivity index (χ3v) is 6.91. The topological polar surface area (TPSA) is 123 Å². The molecule has 3 atom stereocenters. The molecule has 2 saturated heterocycles. The molecule has 7 N–H and O–H groups in total. The Balaban J connectivity index is 1.57. The van der Waals surface area contributed by atoms with E-state index in [1.165, 1.54) is 12.1 Å². The second-order valence-electron chi connectivity index (χ2n) is 9.50. The number of fused-ring (bicyclic) bond motifs is 1. The number of urea groups is 1. The van der Waals surface area contributed by atoms with Crippen LogP contribution < -0.4 is 22.1 Å². The maximum atomic E-state index is 13.8. The summed E-state index contributed by atoms with van der Waals surface area (Å²) in [6, 6.07) is 4.54. The average molecular weight is 460 g/mol. The average Bonchev–Trinajstić information content (AvgIpc) is 2.77. The maximum Gasteiger partial charge on any atom is 0.320 e. The molecule has 33 heavy (non-hydrogen) atoms. The van der Waals surface area contributed by atoms with E-state index >= 15 is 0 Å². The molecule has 0 saturated carbocycles. The van der Waals surface area contributed by atoms with E-state index in [2.05, 4.69) is 36.3 Å². The van der Waals surface area contributed by atoms with Gasteiger partial charge >= 0.3 is 6.03 Å². The Morgan fingerprint density at radius 2 is 1.97 bits per heavy atom. The van der Waals surface area contributed by atoms with Crippen LogP contribution in [0.5, 0.6) is 5.75 Å². The number of nitrogens with one attached hydrogen (secondary N) is 2. The molecule has 1 aromatic carbocycles. The number of nitrogens with two attached hydrogens (primary N) is 2. The molecular weight excluding hydrogens is 425 g/mol. The summed E-state index contributed by atoms with van der Waals surface area (Å²) in [4.78, 5) is 19.5. The van der Waals surface area contributed by atoms with Gasteiger partial charge in [-0.15, -0.1) is 0 Å². The minimum absolute atomic E-state index is 0.0567. The molecule has 0 aromatic heterocycles. The van der Waals surface area contributed by atoms with Gasteiger partial charge in [-0.05, 0) is 39.0 Å². The number of para-hydroxylation sites is 1. The summed E-state index contributed by atoms with van der Waals surface area (Å²) in [5, 5.41) is 16.7. The maximum absolute atomic E-state index is 13.8. The van der Waals surface area contributed by atoms with Crippen molar-refractivity contribution in [2.45, 2.75) is 38.4 Å². The van der Waals surface area contributed by atoms with Crippen molar-refractivity contribution in [3.05, 3.63) is 47.2 Å². The Labute approximate surface area is 193 Å². The number of phenolic OH excluding ortho intramolecular Hbond substituents is 1. The number of hydrogen-bond acceptors (Lipinski definition) is 7. The van der Waals surface area contributed by atoms with Gasteiger partial charge in [0.05, 0.1) is 11.2 Å². The second-order valence-corrected chi connectivity index (χ2v) is 9.50. The van der Waals surface area contributed by atoms with E-state index < -0.39 is 17.1 Å². The van der Waals surface area contributed by atoms with Crippen molar-refractivity contribution in [2.75, 3.05) is 39.3 Å². The molecule has 2 amide bonds. The first-order chi connectivity index (χ1) is 15.6. The third-order valence-electron chi connectivity index (χ3n) is 6.91. The summed E-state index contributed by atoms with van der Waals surface area (Å²) < 4.78 is 13.8. The number of allylic oxidation sites excluding steroid dienone is 1. The summed E-state index contributed by atoms with van der Waals surface area (Å²) in [5.41, 5.74) is 13.2. The first-order valence-electron chi connectivity index (χ1n) is 11.4. The quantitative estimate of drug-likeness (QED) is 0.442. The van der Waals surface area contributed by atoms with E-state index in [0.29, 0.717) is 37.7 Å². The Bertz CT molecular complexity index is 987. The summed E-state index contributed by atoms with van der Waals surface area (Å²) >= 11 is 0. The standard InChI is InChI=1S/C23H34FN7O2/c1-14-10-27-11-15(2)31(14)22(33)29-7-8-30-19(21(26)28-12-23(30,3)13-29)9-18(25)16-5-4-6-17(24)20(16)32/h4-6,9,14-15,27-28,32H,7-8,10-13,25-26H2,1-3H3/b18-9-. The van der Waals surface area contributed by atoms with Crippen molar-refractivity contribution in [3.8, 4) is 5.75 Å². The number of aromatic hydroxyl groups is 1. The monoisotopic (exact) mass is 459 g/mol. The van der Waals surface area contributed by atoms with Crippen LogP contribution in [0.3, 0.4) is 0 Å². The zero-order valence-corrected chi connectivity index (χ0v) is 19.4. The highest BCUT2D eigenvalue weighted by atomic mass is 19.1. The highest BCUT2D eigenvalue weighted by Gasteiger charge is 2.44. The normalized spacial score (nSPS) is 28.5. The number of hydrogen-bond donors (Lipinski definition) is 5. The zero-order chi connectivity index (χ0) is 23.9. The molecule has 9 nitrogen and oxygen atoms in total. The number of benzene rings is 1. The minimum atomic E-state index is -0.735. The fraction of sp³-hybridized carbons (Fsp3) is 0.522. The van der Waals surface area contributed by atoms with Crippen LogP contribution in [-0.4, -0.2) is 82.7 Å². The number of carbonyl (C=O) groups excluding carboxylic acids is 1. The van der Waals surface area contributed by atoms with Crippen LogP contribution in [0.15, 0.2) is 35.8 Å². The molecule has 3 aliphatic rings. The van der Waals surface area contributed by atoms with Gasteiger partial charge in [-0.3, -0.25) is 0 Å². The zero-order valence-electron chi connectivity index (χ0n) is 19.4. The van der Waals surface area contributed by atoms with Gasteiger partial charge in [0.1, 0.15) is 5.82 Å². The largest absolute Gasteiger partial charge is 0.504 e. The predicted octanol–water partition coefficient (Wildman–Crippen LogP) is 0.740. The van der Waals surface area contributed by atoms with Crippen molar-refractivity contribution >= 4 is 11.7 Å². The number of rotatable bonds is 2. The first-order valence-corrected chi connectivity index (χ1v) is 11.4. The lowest BCUT2D eigenvalue weighted by molar-refractivity contribution is 0.0242. The Morgan fingerprint density at radius 1 is 1.27 bits per heavy atom. The number of halogens is 1. The van der Waals surface area contributed by atoms with E-state index in [9.17, 15) is 14.3 Å². The summed E-state index contributed by atoms with van der Waals surface area (Å²) in [6.07, 6.45) is 1.66. The third kappa shape index (κ3) is 4.15.